The molecule has 2 N–H and O–H groups in total. The fourth-order valence-corrected chi connectivity index (χ4v) is 4.68. The van der Waals surface area contributed by atoms with Crippen molar-refractivity contribution in [3.63, 3.8) is 0 Å². The zero-order valence-corrected chi connectivity index (χ0v) is 23.8. The van der Waals surface area contributed by atoms with E-state index in [2.05, 4.69) is 26.5 Å². The van der Waals surface area contributed by atoms with E-state index in [1.807, 2.05) is 31.2 Å². The number of ether oxygens (including phenoxy) is 1. The number of aryl methyl sites for hydroxylation is 2. The molecular formula is C30H27ClF6N2O4. The zero-order valence-electron chi connectivity index (χ0n) is 23.0. The average molecular weight is 629 g/mol. The summed E-state index contributed by atoms with van der Waals surface area (Å²) in [4.78, 5) is 26.9. The molecule has 0 saturated carbocycles. The molecule has 0 amide bonds. The van der Waals surface area contributed by atoms with E-state index >= 15 is 0 Å². The fourth-order valence-electron chi connectivity index (χ4n) is 4.54. The highest BCUT2D eigenvalue weighted by Gasteiger charge is 2.38. The average Bonchev–Trinajstić information content (AvgIpc) is 2.92. The summed E-state index contributed by atoms with van der Waals surface area (Å²) in [7, 11) is 0. The number of carbonyl (C=O) groups is 1. The van der Waals surface area contributed by atoms with Crippen LogP contribution in [-0.4, -0.2) is 53.1 Å². The number of rotatable bonds is 4. The van der Waals surface area contributed by atoms with Crippen molar-refractivity contribution in [3.05, 3.63) is 86.3 Å². The van der Waals surface area contributed by atoms with Crippen LogP contribution in [0.25, 0.3) is 11.1 Å². The van der Waals surface area contributed by atoms with E-state index in [0.29, 0.717) is 23.7 Å². The number of likely N-dealkylation sites (tertiary alicyclic amines) is 1. The van der Waals surface area contributed by atoms with Gasteiger partial charge < -0.3 is 14.8 Å². The van der Waals surface area contributed by atoms with Gasteiger partial charge >= 0.3 is 18.5 Å². The second-order valence-corrected chi connectivity index (χ2v) is 10.1. The van der Waals surface area contributed by atoms with Gasteiger partial charge in [0.1, 0.15) is 10.8 Å². The standard InChI is InChI=1S/C28H26ClF3N2O2.C2HF3O2/c1-18-25(27(35)26(29)19(2)33-18)23-7-5-20(6-8-23)4-3-15-34-16-13-22(14-17-34)21-9-11-24(12-10-21)36-28(30,31)32;3-2(4,5)1(6)7/h5-12,22H,13-17H2,1-2H3,(H,33,35);(H,6,7). The highest BCUT2D eigenvalue weighted by Crippen LogP contribution is 2.30. The number of H-pyrrole nitrogens is 1. The molecule has 1 fully saturated rings. The summed E-state index contributed by atoms with van der Waals surface area (Å²) in [5.41, 5.74) is 4.49. The molecule has 230 valence electrons. The van der Waals surface area contributed by atoms with Gasteiger partial charge in [-0.2, -0.15) is 13.2 Å². The van der Waals surface area contributed by atoms with Crippen molar-refractivity contribution >= 4 is 17.6 Å². The molecular weight excluding hydrogens is 602 g/mol. The van der Waals surface area contributed by atoms with Crippen LogP contribution in [0, 0.1) is 25.7 Å². The molecule has 13 heteroatoms. The second-order valence-electron chi connectivity index (χ2n) is 9.74. The van der Waals surface area contributed by atoms with E-state index in [-0.39, 0.29) is 16.2 Å². The van der Waals surface area contributed by atoms with Gasteiger partial charge in [0.05, 0.1) is 6.54 Å². The lowest BCUT2D eigenvalue weighted by Gasteiger charge is -2.30. The first kappa shape index (κ1) is 33.6. The molecule has 0 atom stereocenters. The number of nitrogens with one attached hydrogen (secondary N) is 1. The number of carboxylic acid groups (broad SMARTS) is 1. The van der Waals surface area contributed by atoms with E-state index in [1.54, 1.807) is 19.1 Å². The summed E-state index contributed by atoms with van der Waals surface area (Å²) in [6.45, 7) is 6.01. The van der Waals surface area contributed by atoms with Crippen LogP contribution < -0.4 is 10.2 Å². The Morgan fingerprint density at radius 3 is 2.07 bits per heavy atom. The van der Waals surface area contributed by atoms with Gasteiger partial charge in [-0.05, 0) is 81.1 Å². The van der Waals surface area contributed by atoms with Crippen molar-refractivity contribution in [3.8, 4) is 28.7 Å². The van der Waals surface area contributed by atoms with E-state index in [0.717, 1.165) is 48.3 Å². The van der Waals surface area contributed by atoms with E-state index in [9.17, 15) is 31.1 Å². The Bertz CT molecular complexity index is 1530. The maximum absolute atomic E-state index is 12.6. The van der Waals surface area contributed by atoms with Crippen LogP contribution in [0.3, 0.4) is 0 Å². The van der Waals surface area contributed by atoms with Crippen LogP contribution in [0.2, 0.25) is 5.02 Å². The highest BCUT2D eigenvalue weighted by atomic mass is 35.5. The number of hydrogen-bond donors (Lipinski definition) is 2. The van der Waals surface area contributed by atoms with Crippen molar-refractivity contribution < 1.29 is 41.0 Å². The molecule has 43 heavy (non-hydrogen) atoms. The minimum atomic E-state index is -5.08. The molecule has 1 aliphatic heterocycles. The van der Waals surface area contributed by atoms with Crippen molar-refractivity contribution in [2.45, 2.75) is 45.1 Å². The first-order valence-electron chi connectivity index (χ1n) is 12.9. The maximum Gasteiger partial charge on any atom is 0.573 e. The van der Waals surface area contributed by atoms with Gasteiger partial charge in [-0.3, -0.25) is 9.69 Å². The SMILES string of the molecule is Cc1[nH]c(C)c(-c2ccc(C#CCN3CCC(c4ccc(OC(F)(F)F)cc4)CC3)cc2)c(=O)c1Cl.O=C(O)C(F)(F)F. The lowest BCUT2D eigenvalue weighted by Crippen LogP contribution is -2.33. The normalized spacial score (nSPS) is 14.3. The number of carboxylic acids is 1. The van der Waals surface area contributed by atoms with Crippen LogP contribution in [0.15, 0.2) is 53.3 Å². The number of aliphatic carboxylic acids is 1. The van der Waals surface area contributed by atoms with Gasteiger partial charge in [0, 0.05) is 22.5 Å². The highest BCUT2D eigenvalue weighted by molar-refractivity contribution is 6.31. The van der Waals surface area contributed by atoms with Gasteiger partial charge in [-0.15, -0.1) is 13.2 Å². The van der Waals surface area contributed by atoms with Crippen LogP contribution in [-0.2, 0) is 4.79 Å². The number of pyridine rings is 1. The molecule has 2 heterocycles. The summed E-state index contributed by atoms with van der Waals surface area (Å²) in [5, 5.41) is 7.33. The van der Waals surface area contributed by atoms with Gasteiger partial charge in [0.25, 0.3) is 0 Å². The summed E-state index contributed by atoms with van der Waals surface area (Å²) in [5.74, 6) is 3.75. The first-order chi connectivity index (χ1) is 20.0. The molecule has 0 bridgehead atoms. The molecule has 4 rings (SSSR count). The maximum atomic E-state index is 12.6. The molecule has 0 aliphatic carbocycles. The molecule has 0 unspecified atom stereocenters. The smallest absolute Gasteiger partial charge is 0.475 e. The summed E-state index contributed by atoms with van der Waals surface area (Å²) < 4.78 is 72.7. The molecule has 3 aromatic rings. The Labute approximate surface area is 248 Å². The van der Waals surface area contributed by atoms with Crippen LogP contribution in [0.1, 0.15) is 41.3 Å². The van der Waals surface area contributed by atoms with Crippen LogP contribution in [0.4, 0.5) is 26.3 Å². The molecule has 6 nitrogen and oxygen atoms in total. The third-order valence-corrected chi connectivity index (χ3v) is 7.08. The topological polar surface area (TPSA) is 82.6 Å². The van der Waals surface area contributed by atoms with E-state index in [1.165, 1.54) is 12.1 Å². The predicted octanol–water partition coefficient (Wildman–Crippen LogP) is 7.08. The summed E-state index contributed by atoms with van der Waals surface area (Å²) in [6.07, 6.45) is -7.92. The Morgan fingerprint density at radius 2 is 1.56 bits per heavy atom. The monoisotopic (exact) mass is 628 g/mol. The van der Waals surface area contributed by atoms with E-state index in [4.69, 9.17) is 21.5 Å². The lowest BCUT2D eigenvalue weighted by molar-refractivity contribution is -0.274. The Morgan fingerprint density at radius 1 is 1.00 bits per heavy atom. The molecule has 1 aromatic heterocycles. The number of aromatic amines is 1. The Balaban J connectivity index is 0.000000646. The fraction of sp³-hybridized carbons (Fsp3) is 0.333. The quantitative estimate of drug-likeness (QED) is 0.239. The summed E-state index contributed by atoms with van der Waals surface area (Å²) in [6, 6.07) is 13.7. The van der Waals surface area contributed by atoms with Gasteiger partial charge in [-0.1, -0.05) is 47.7 Å². The number of halogens is 7. The van der Waals surface area contributed by atoms with Gasteiger partial charge in [-0.25, -0.2) is 4.79 Å². The van der Waals surface area contributed by atoms with E-state index < -0.39 is 18.5 Å². The number of piperidine rings is 1. The zero-order chi connectivity index (χ0) is 31.9. The molecule has 1 aliphatic rings. The van der Waals surface area contributed by atoms with Crippen molar-refractivity contribution in [1.82, 2.24) is 9.88 Å². The predicted molar refractivity (Wildman–Crippen MR) is 149 cm³/mol. The Kier molecular flexibility index (Phi) is 10.9. The number of hydrogen-bond acceptors (Lipinski definition) is 4. The first-order valence-corrected chi connectivity index (χ1v) is 13.3. The molecule has 2 aromatic carbocycles. The second kappa shape index (κ2) is 14.0. The van der Waals surface area contributed by atoms with Gasteiger partial charge in [0.15, 0.2) is 0 Å². The lowest BCUT2D eigenvalue weighted by atomic mass is 9.89. The number of nitrogens with zero attached hydrogens (tertiary/aromatic N) is 1. The molecule has 0 spiro atoms. The van der Waals surface area contributed by atoms with Crippen molar-refractivity contribution in [2.24, 2.45) is 0 Å². The summed E-state index contributed by atoms with van der Waals surface area (Å²) >= 11 is 6.14. The minimum absolute atomic E-state index is 0.182. The van der Waals surface area contributed by atoms with Crippen LogP contribution >= 0.6 is 11.6 Å². The number of benzene rings is 2. The Hall–Kier alpha value is -3.95. The molecule has 0 radical (unpaired) electrons. The third-order valence-electron chi connectivity index (χ3n) is 6.63. The van der Waals surface area contributed by atoms with Crippen molar-refractivity contribution in [1.29, 1.82) is 0 Å². The third kappa shape index (κ3) is 9.80. The van der Waals surface area contributed by atoms with Gasteiger partial charge in [0.2, 0.25) is 5.43 Å². The largest absolute Gasteiger partial charge is 0.573 e. The minimum Gasteiger partial charge on any atom is -0.475 e. The number of aromatic nitrogens is 1. The van der Waals surface area contributed by atoms with Crippen LogP contribution in [0.5, 0.6) is 5.75 Å². The number of alkyl halides is 6. The van der Waals surface area contributed by atoms with Crippen molar-refractivity contribution in [2.75, 3.05) is 19.6 Å². The molecule has 1 saturated heterocycles.